The first-order chi connectivity index (χ1) is 5.08. The number of hydrogen-bond acceptors (Lipinski definition) is 1. The van der Waals surface area contributed by atoms with Crippen molar-refractivity contribution in [2.75, 3.05) is 13.1 Å². The molecular formula is C7H13ClF3N. The lowest BCUT2D eigenvalue weighted by Crippen LogP contribution is -2.23. The predicted molar refractivity (Wildman–Crippen MR) is 43.5 cm³/mol. The molecule has 0 radical (unpaired) electrons. The second-order valence-corrected chi connectivity index (χ2v) is 3.01. The third-order valence-corrected chi connectivity index (χ3v) is 1.72. The van der Waals surface area contributed by atoms with Gasteiger partial charge in [-0.3, -0.25) is 0 Å². The molecule has 0 aromatic rings. The van der Waals surface area contributed by atoms with E-state index in [0.717, 1.165) is 6.54 Å². The maximum atomic E-state index is 11.6. The van der Waals surface area contributed by atoms with E-state index >= 15 is 0 Å². The van der Waals surface area contributed by atoms with Gasteiger partial charge in [0.1, 0.15) is 0 Å². The molecule has 0 aromatic heterocycles. The molecule has 0 heterocycles. The molecule has 1 nitrogen and oxygen atoms in total. The van der Waals surface area contributed by atoms with Crippen LogP contribution in [0, 0.1) is 5.92 Å². The van der Waals surface area contributed by atoms with Gasteiger partial charge in [0.05, 0.1) is 6.42 Å². The standard InChI is InChI=1S/C7H12F3N.ClH/c8-7(9,10)3-4-11-5-6-1-2-6;/h6,11H,1-5H2;1H. The summed E-state index contributed by atoms with van der Waals surface area (Å²) < 4.78 is 34.7. The fourth-order valence-electron chi connectivity index (χ4n) is 0.858. The Balaban J connectivity index is 0.00000121. The van der Waals surface area contributed by atoms with Crippen molar-refractivity contribution < 1.29 is 13.2 Å². The lowest BCUT2D eigenvalue weighted by Gasteiger charge is -2.06. The summed E-state index contributed by atoms with van der Waals surface area (Å²) in [6.07, 6.45) is -2.35. The van der Waals surface area contributed by atoms with E-state index in [2.05, 4.69) is 5.32 Å². The highest BCUT2D eigenvalue weighted by molar-refractivity contribution is 5.85. The molecule has 0 saturated heterocycles. The zero-order valence-electron chi connectivity index (χ0n) is 6.66. The monoisotopic (exact) mass is 203 g/mol. The summed E-state index contributed by atoms with van der Waals surface area (Å²) in [5.41, 5.74) is 0. The van der Waals surface area contributed by atoms with Crippen molar-refractivity contribution in [3.05, 3.63) is 0 Å². The average Bonchev–Trinajstić information content (AvgIpc) is 2.60. The lowest BCUT2D eigenvalue weighted by atomic mass is 10.4. The van der Waals surface area contributed by atoms with Crippen LogP contribution >= 0.6 is 12.4 Å². The van der Waals surface area contributed by atoms with E-state index in [1.165, 1.54) is 12.8 Å². The van der Waals surface area contributed by atoms with E-state index < -0.39 is 12.6 Å². The van der Waals surface area contributed by atoms with Gasteiger partial charge in [-0.2, -0.15) is 13.2 Å². The molecule has 0 atom stereocenters. The summed E-state index contributed by atoms with van der Waals surface area (Å²) in [4.78, 5) is 0. The van der Waals surface area contributed by atoms with Gasteiger partial charge < -0.3 is 5.32 Å². The number of halogens is 4. The fourth-order valence-corrected chi connectivity index (χ4v) is 0.858. The Morgan fingerprint density at radius 3 is 2.25 bits per heavy atom. The van der Waals surface area contributed by atoms with Crippen molar-refractivity contribution in [3.8, 4) is 0 Å². The largest absolute Gasteiger partial charge is 0.390 e. The fraction of sp³-hybridized carbons (Fsp3) is 1.00. The van der Waals surface area contributed by atoms with E-state index in [9.17, 15) is 13.2 Å². The van der Waals surface area contributed by atoms with Crippen LogP contribution < -0.4 is 5.32 Å². The number of hydrogen-bond donors (Lipinski definition) is 1. The van der Waals surface area contributed by atoms with Gasteiger partial charge in [0.25, 0.3) is 0 Å². The van der Waals surface area contributed by atoms with Crippen molar-refractivity contribution >= 4 is 12.4 Å². The first kappa shape index (κ1) is 12.0. The zero-order chi connectivity index (χ0) is 8.32. The molecule has 0 spiro atoms. The SMILES string of the molecule is Cl.FC(F)(F)CCNCC1CC1. The van der Waals surface area contributed by atoms with Crippen LogP contribution in [0.3, 0.4) is 0 Å². The average molecular weight is 204 g/mol. The minimum Gasteiger partial charge on any atom is -0.316 e. The van der Waals surface area contributed by atoms with Crippen molar-refractivity contribution in [3.63, 3.8) is 0 Å². The normalized spacial score (nSPS) is 17.2. The molecule has 12 heavy (non-hydrogen) atoms. The van der Waals surface area contributed by atoms with Gasteiger partial charge in [0.2, 0.25) is 0 Å². The topological polar surface area (TPSA) is 12.0 Å². The Hall–Kier alpha value is 0.0400. The predicted octanol–water partition coefficient (Wildman–Crippen LogP) is 2.36. The molecule has 0 unspecified atom stereocenters. The van der Waals surface area contributed by atoms with Gasteiger partial charge in [0.15, 0.2) is 0 Å². The number of alkyl halides is 3. The van der Waals surface area contributed by atoms with Gasteiger partial charge in [-0.25, -0.2) is 0 Å². The van der Waals surface area contributed by atoms with Gasteiger partial charge in [-0.05, 0) is 25.3 Å². The first-order valence-corrected chi connectivity index (χ1v) is 3.85. The van der Waals surface area contributed by atoms with Crippen LogP contribution in [-0.4, -0.2) is 19.3 Å². The maximum absolute atomic E-state index is 11.6. The van der Waals surface area contributed by atoms with Crippen LogP contribution in [-0.2, 0) is 0 Å². The first-order valence-electron chi connectivity index (χ1n) is 3.85. The van der Waals surface area contributed by atoms with Gasteiger partial charge >= 0.3 is 6.18 Å². The summed E-state index contributed by atoms with van der Waals surface area (Å²) >= 11 is 0. The van der Waals surface area contributed by atoms with Crippen LogP contribution in [0.2, 0.25) is 0 Å². The molecular weight excluding hydrogens is 191 g/mol. The maximum Gasteiger partial charge on any atom is 0.390 e. The van der Waals surface area contributed by atoms with Crippen molar-refractivity contribution in [1.29, 1.82) is 0 Å². The van der Waals surface area contributed by atoms with Gasteiger partial charge in [0, 0.05) is 6.54 Å². The molecule has 5 heteroatoms. The molecule has 0 amide bonds. The molecule has 1 fully saturated rings. The highest BCUT2D eigenvalue weighted by atomic mass is 35.5. The molecule has 1 aliphatic carbocycles. The second-order valence-electron chi connectivity index (χ2n) is 3.01. The quantitative estimate of drug-likeness (QED) is 0.692. The third-order valence-electron chi connectivity index (χ3n) is 1.72. The molecule has 74 valence electrons. The van der Waals surface area contributed by atoms with Crippen LogP contribution in [0.4, 0.5) is 13.2 Å². The Kier molecular flexibility index (Phi) is 4.94. The van der Waals surface area contributed by atoms with Crippen LogP contribution in [0.5, 0.6) is 0 Å². The number of nitrogens with one attached hydrogen (secondary N) is 1. The highest BCUT2D eigenvalue weighted by Crippen LogP contribution is 2.27. The van der Waals surface area contributed by atoms with Crippen molar-refractivity contribution in [1.82, 2.24) is 5.32 Å². The minimum atomic E-state index is -4.00. The van der Waals surface area contributed by atoms with E-state index in [0.29, 0.717) is 5.92 Å². The molecule has 1 N–H and O–H groups in total. The van der Waals surface area contributed by atoms with E-state index in [-0.39, 0.29) is 19.0 Å². The molecule has 0 aromatic carbocycles. The summed E-state index contributed by atoms with van der Waals surface area (Å²) in [6.45, 7) is 0.829. The highest BCUT2D eigenvalue weighted by Gasteiger charge is 2.26. The van der Waals surface area contributed by atoms with E-state index in [1.807, 2.05) is 0 Å². The van der Waals surface area contributed by atoms with E-state index in [1.54, 1.807) is 0 Å². The summed E-state index contributed by atoms with van der Waals surface area (Å²) in [5, 5.41) is 2.78. The summed E-state index contributed by atoms with van der Waals surface area (Å²) in [7, 11) is 0. The van der Waals surface area contributed by atoms with Crippen molar-refractivity contribution in [2.45, 2.75) is 25.4 Å². The molecule has 0 aliphatic heterocycles. The van der Waals surface area contributed by atoms with Crippen LogP contribution in [0.1, 0.15) is 19.3 Å². The zero-order valence-corrected chi connectivity index (χ0v) is 7.47. The van der Waals surface area contributed by atoms with Crippen LogP contribution in [0.25, 0.3) is 0 Å². The van der Waals surface area contributed by atoms with Crippen LogP contribution in [0.15, 0.2) is 0 Å². The second kappa shape index (κ2) is 4.92. The Labute approximate surface area is 76.1 Å². The molecule has 0 bridgehead atoms. The third kappa shape index (κ3) is 6.73. The van der Waals surface area contributed by atoms with Crippen molar-refractivity contribution in [2.24, 2.45) is 5.92 Å². The molecule has 1 aliphatic rings. The molecule has 1 rings (SSSR count). The minimum absolute atomic E-state index is 0. The summed E-state index contributed by atoms with van der Waals surface area (Å²) in [6, 6.07) is 0. The smallest absolute Gasteiger partial charge is 0.316 e. The number of rotatable bonds is 4. The lowest BCUT2D eigenvalue weighted by molar-refractivity contribution is -0.133. The van der Waals surface area contributed by atoms with Gasteiger partial charge in [-0.15, -0.1) is 12.4 Å². The molecule has 1 saturated carbocycles. The Morgan fingerprint density at radius 2 is 1.83 bits per heavy atom. The van der Waals surface area contributed by atoms with Gasteiger partial charge in [-0.1, -0.05) is 0 Å². The summed E-state index contributed by atoms with van der Waals surface area (Å²) in [5.74, 6) is 0.656. The van der Waals surface area contributed by atoms with E-state index in [4.69, 9.17) is 0 Å². The Morgan fingerprint density at radius 1 is 1.25 bits per heavy atom. The Bertz CT molecular complexity index is 122.